The lowest BCUT2D eigenvalue weighted by Crippen LogP contribution is -2.00. The predicted octanol–water partition coefficient (Wildman–Crippen LogP) is 3.90. The van der Waals surface area contributed by atoms with Crippen LogP contribution in [0.3, 0.4) is 0 Å². The Bertz CT molecular complexity index is 436. The number of hydrogen-bond acceptors (Lipinski definition) is 1. The van der Waals surface area contributed by atoms with E-state index in [-0.39, 0.29) is 5.92 Å². The maximum atomic E-state index is 5.84. The number of nitrogens with zero attached hydrogens (tertiary/aromatic N) is 1. The third kappa shape index (κ3) is 2.83. The van der Waals surface area contributed by atoms with Crippen LogP contribution in [-0.4, -0.2) is 4.98 Å². The second-order valence-corrected chi connectivity index (χ2v) is 4.21. The molecule has 2 heteroatoms. The van der Waals surface area contributed by atoms with Gasteiger partial charge >= 0.3 is 0 Å². The van der Waals surface area contributed by atoms with E-state index < -0.39 is 0 Å². The molecule has 0 amide bonds. The Labute approximate surface area is 101 Å². The van der Waals surface area contributed by atoms with E-state index >= 15 is 0 Å². The molecule has 81 valence electrons. The lowest BCUT2D eigenvalue weighted by atomic mass is 9.96. The molecule has 0 N–H and O–H groups in total. The van der Waals surface area contributed by atoms with Gasteiger partial charge < -0.3 is 0 Å². The van der Waals surface area contributed by atoms with E-state index in [0.717, 1.165) is 17.1 Å². The largest absolute Gasteiger partial charge is 0.261 e. The quantitative estimate of drug-likeness (QED) is 0.780. The van der Waals surface area contributed by atoms with Gasteiger partial charge in [0.25, 0.3) is 0 Å². The van der Waals surface area contributed by atoms with Gasteiger partial charge in [0.15, 0.2) is 0 Å². The van der Waals surface area contributed by atoms with Gasteiger partial charge in [-0.2, -0.15) is 0 Å². The number of rotatable bonds is 3. The Kier molecular flexibility index (Phi) is 3.58. The summed E-state index contributed by atoms with van der Waals surface area (Å²) >= 11 is 5.84. The van der Waals surface area contributed by atoms with E-state index in [0.29, 0.717) is 0 Å². The van der Waals surface area contributed by atoms with Gasteiger partial charge in [0.05, 0.1) is 0 Å². The first-order valence-electron chi connectivity index (χ1n) is 5.24. The molecule has 1 nitrogen and oxygen atoms in total. The van der Waals surface area contributed by atoms with Crippen LogP contribution in [0.1, 0.15) is 17.2 Å². The standard InChI is InChI=1S/C14H13ClN/c1-11(10-14-4-2-3-9-16-14)12-5-7-13(15)8-6-12/h2-9,11H,1,10H2. The Morgan fingerprint density at radius 1 is 1.12 bits per heavy atom. The number of pyridine rings is 1. The molecule has 2 rings (SSSR count). The van der Waals surface area contributed by atoms with Crippen LogP contribution >= 0.6 is 11.6 Å². The van der Waals surface area contributed by atoms with Crippen molar-refractivity contribution in [3.63, 3.8) is 0 Å². The van der Waals surface area contributed by atoms with Crippen molar-refractivity contribution in [1.82, 2.24) is 4.98 Å². The molecule has 1 heterocycles. The van der Waals surface area contributed by atoms with E-state index in [1.54, 1.807) is 0 Å². The second-order valence-electron chi connectivity index (χ2n) is 3.77. The van der Waals surface area contributed by atoms with Crippen LogP contribution in [0.4, 0.5) is 0 Å². The molecule has 0 spiro atoms. The van der Waals surface area contributed by atoms with Crippen molar-refractivity contribution in [2.24, 2.45) is 0 Å². The maximum absolute atomic E-state index is 5.84. The zero-order chi connectivity index (χ0) is 11.4. The highest BCUT2D eigenvalue weighted by molar-refractivity contribution is 6.30. The molecular weight excluding hydrogens is 218 g/mol. The van der Waals surface area contributed by atoms with Crippen molar-refractivity contribution in [2.45, 2.75) is 12.3 Å². The molecule has 0 aliphatic heterocycles. The molecule has 0 bridgehead atoms. The van der Waals surface area contributed by atoms with Gasteiger partial charge in [-0.25, -0.2) is 0 Å². The minimum Gasteiger partial charge on any atom is -0.261 e. The molecule has 1 aromatic heterocycles. The number of benzene rings is 1. The summed E-state index contributed by atoms with van der Waals surface area (Å²) in [7, 11) is 0. The van der Waals surface area contributed by atoms with E-state index in [1.807, 2.05) is 48.7 Å². The fraction of sp³-hybridized carbons (Fsp3) is 0.143. The van der Waals surface area contributed by atoms with Crippen LogP contribution in [0, 0.1) is 6.92 Å². The van der Waals surface area contributed by atoms with Gasteiger partial charge in [0.2, 0.25) is 0 Å². The molecule has 1 unspecified atom stereocenters. The molecule has 1 radical (unpaired) electrons. The molecule has 0 saturated heterocycles. The number of hydrogen-bond donors (Lipinski definition) is 0. The van der Waals surface area contributed by atoms with Gasteiger partial charge in [0, 0.05) is 16.9 Å². The van der Waals surface area contributed by atoms with Crippen molar-refractivity contribution in [3.8, 4) is 0 Å². The average molecular weight is 231 g/mol. The highest BCUT2D eigenvalue weighted by Gasteiger charge is 2.06. The highest BCUT2D eigenvalue weighted by atomic mass is 35.5. The third-order valence-corrected chi connectivity index (χ3v) is 2.78. The van der Waals surface area contributed by atoms with Crippen molar-refractivity contribution in [2.75, 3.05) is 0 Å². The van der Waals surface area contributed by atoms with Crippen molar-refractivity contribution < 1.29 is 0 Å². The Hall–Kier alpha value is -1.34. The molecular formula is C14H13ClN. The normalized spacial score (nSPS) is 12.4. The van der Waals surface area contributed by atoms with Gasteiger partial charge in [-0.1, -0.05) is 29.8 Å². The fourth-order valence-corrected chi connectivity index (χ4v) is 1.75. The van der Waals surface area contributed by atoms with Crippen LogP contribution in [0.15, 0.2) is 48.7 Å². The minimum absolute atomic E-state index is 0.215. The smallest absolute Gasteiger partial charge is 0.0409 e. The molecule has 0 fully saturated rings. The van der Waals surface area contributed by atoms with Gasteiger partial charge in [-0.3, -0.25) is 4.98 Å². The third-order valence-electron chi connectivity index (χ3n) is 2.52. The Balaban J connectivity index is 2.09. The van der Waals surface area contributed by atoms with Crippen molar-refractivity contribution >= 4 is 11.6 Å². The SMILES string of the molecule is [CH2]C(Cc1ccccn1)c1ccc(Cl)cc1. The second kappa shape index (κ2) is 5.13. The average Bonchev–Trinajstić information content (AvgIpc) is 2.31. The molecule has 16 heavy (non-hydrogen) atoms. The lowest BCUT2D eigenvalue weighted by Gasteiger charge is -2.11. The molecule has 2 aromatic rings. The van der Waals surface area contributed by atoms with Gasteiger partial charge in [-0.05, 0) is 49.1 Å². The highest BCUT2D eigenvalue weighted by Crippen LogP contribution is 2.20. The van der Waals surface area contributed by atoms with E-state index in [9.17, 15) is 0 Å². The molecule has 0 saturated carbocycles. The Morgan fingerprint density at radius 2 is 1.88 bits per heavy atom. The van der Waals surface area contributed by atoms with Crippen LogP contribution in [-0.2, 0) is 6.42 Å². The van der Waals surface area contributed by atoms with Crippen LogP contribution in [0.5, 0.6) is 0 Å². The lowest BCUT2D eigenvalue weighted by molar-refractivity contribution is 0.806. The number of halogens is 1. The Morgan fingerprint density at radius 3 is 2.50 bits per heavy atom. The van der Waals surface area contributed by atoms with Crippen LogP contribution < -0.4 is 0 Å². The summed E-state index contributed by atoms with van der Waals surface area (Å²) in [5.41, 5.74) is 2.26. The number of aromatic nitrogens is 1. The molecule has 0 aliphatic rings. The van der Waals surface area contributed by atoms with Gasteiger partial charge in [0.1, 0.15) is 0 Å². The van der Waals surface area contributed by atoms with E-state index in [4.69, 9.17) is 11.6 Å². The monoisotopic (exact) mass is 230 g/mol. The predicted molar refractivity (Wildman–Crippen MR) is 67.5 cm³/mol. The fourth-order valence-electron chi connectivity index (χ4n) is 1.62. The first-order valence-corrected chi connectivity index (χ1v) is 5.62. The summed E-state index contributed by atoms with van der Waals surface area (Å²) in [6.45, 7) is 4.15. The van der Waals surface area contributed by atoms with E-state index in [2.05, 4.69) is 11.9 Å². The first-order chi connectivity index (χ1) is 7.75. The zero-order valence-corrected chi connectivity index (χ0v) is 9.69. The molecule has 0 aliphatic carbocycles. The molecule has 1 aromatic carbocycles. The van der Waals surface area contributed by atoms with Gasteiger partial charge in [-0.15, -0.1) is 0 Å². The summed E-state index contributed by atoms with van der Waals surface area (Å²) in [5, 5.41) is 0.758. The topological polar surface area (TPSA) is 12.9 Å². The van der Waals surface area contributed by atoms with E-state index in [1.165, 1.54) is 5.56 Å². The van der Waals surface area contributed by atoms with Crippen LogP contribution in [0.25, 0.3) is 0 Å². The first kappa shape index (κ1) is 11.2. The zero-order valence-electron chi connectivity index (χ0n) is 8.94. The van der Waals surface area contributed by atoms with Crippen molar-refractivity contribution in [1.29, 1.82) is 0 Å². The van der Waals surface area contributed by atoms with Crippen molar-refractivity contribution in [3.05, 3.63) is 71.9 Å². The summed E-state index contributed by atoms with van der Waals surface area (Å²) in [6, 6.07) is 13.8. The minimum atomic E-state index is 0.215. The summed E-state index contributed by atoms with van der Waals surface area (Å²) in [5.74, 6) is 0.215. The summed E-state index contributed by atoms with van der Waals surface area (Å²) in [4.78, 5) is 4.30. The molecule has 1 atom stereocenters. The van der Waals surface area contributed by atoms with Crippen LogP contribution in [0.2, 0.25) is 5.02 Å². The maximum Gasteiger partial charge on any atom is 0.0409 e. The summed E-state index contributed by atoms with van der Waals surface area (Å²) in [6.07, 6.45) is 2.66. The summed E-state index contributed by atoms with van der Waals surface area (Å²) < 4.78 is 0.